The summed E-state index contributed by atoms with van der Waals surface area (Å²) in [4.78, 5) is 14.1. The van der Waals surface area contributed by atoms with Crippen LogP contribution in [-0.2, 0) is 27.7 Å². The van der Waals surface area contributed by atoms with E-state index in [0.717, 1.165) is 16.9 Å². The number of aryl methyl sites for hydroxylation is 1. The Bertz CT molecular complexity index is 880. The Kier molecular flexibility index (Phi) is 6.16. The summed E-state index contributed by atoms with van der Waals surface area (Å²) in [6.07, 6.45) is 2.76. The maximum absolute atomic E-state index is 12.4. The van der Waals surface area contributed by atoms with Gasteiger partial charge in [0.1, 0.15) is 12.4 Å². The van der Waals surface area contributed by atoms with Crippen molar-refractivity contribution in [3.63, 3.8) is 0 Å². The molecule has 0 radical (unpaired) electrons. The van der Waals surface area contributed by atoms with Crippen LogP contribution in [-0.4, -0.2) is 43.8 Å². The molecule has 6 heteroatoms. The van der Waals surface area contributed by atoms with Crippen molar-refractivity contribution in [3.05, 3.63) is 65.7 Å². The van der Waals surface area contributed by atoms with E-state index in [2.05, 4.69) is 0 Å². The van der Waals surface area contributed by atoms with Crippen LogP contribution >= 0.6 is 0 Å². The highest BCUT2D eigenvalue weighted by molar-refractivity contribution is 7.91. The van der Waals surface area contributed by atoms with Crippen LogP contribution in [0.5, 0.6) is 5.75 Å². The van der Waals surface area contributed by atoms with Gasteiger partial charge in [0.05, 0.1) is 5.25 Å². The molecule has 3 rings (SSSR count). The van der Waals surface area contributed by atoms with E-state index in [0.29, 0.717) is 39.0 Å². The molecule has 5 nitrogen and oxygen atoms in total. The highest BCUT2D eigenvalue weighted by Crippen LogP contribution is 2.19. The highest BCUT2D eigenvalue weighted by atomic mass is 32.2. The molecule has 1 fully saturated rings. The summed E-state index contributed by atoms with van der Waals surface area (Å²) in [5.74, 6) is 0.791. The standard InChI is InChI=1S/C21H25NO4S/c1-27(24,25)20-12-13-22(15-20)21(23)11-10-17-8-5-9-19(14-17)26-16-18-6-3-2-4-7-18/h2-9,14,20H,10-13,15-16H2,1H3. The number of likely N-dealkylation sites (tertiary alicyclic amines) is 1. The van der Waals surface area contributed by atoms with Gasteiger partial charge >= 0.3 is 0 Å². The van der Waals surface area contributed by atoms with Gasteiger partial charge in [0, 0.05) is 25.8 Å². The normalized spacial score (nSPS) is 17.1. The van der Waals surface area contributed by atoms with E-state index >= 15 is 0 Å². The smallest absolute Gasteiger partial charge is 0.222 e. The van der Waals surface area contributed by atoms with Crippen LogP contribution in [0.2, 0.25) is 0 Å². The van der Waals surface area contributed by atoms with Crippen molar-refractivity contribution in [1.82, 2.24) is 4.90 Å². The summed E-state index contributed by atoms with van der Waals surface area (Å²) < 4.78 is 29.1. The van der Waals surface area contributed by atoms with Crippen LogP contribution in [0.3, 0.4) is 0 Å². The first kappa shape index (κ1) is 19.4. The van der Waals surface area contributed by atoms with E-state index in [1.807, 2.05) is 54.6 Å². The van der Waals surface area contributed by atoms with Crippen LogP contribution in [0.4, 0.5) is 0 Å². The van der Waals surface area contributed by atoms with Gasteiger partial charge in [-0.05, 0) is 36.1 Å². The predicted molar refractivity (Wildman–Crippen MR) is 105 cm³/mol. The van der Waals surface area contributed by atoms with Crippen molar-refractivity contribution < 1.29 is 17.9 Å². The third-order valence-corrected chi connectivity index (χ3v) is 6.47. The van der Waals surface area contributed by atoms with Gasteiger partial charge in [-0.3, -0.25) is 4.79 Å². The second kappa shape index (κ2) is 8.57. The number of hydrogen-bond donors (Lipinski definition) is 0. The Balaban J connectivity index is 1.50. The molecular weight excluding hydrogens is 362 g/mol. The van der Waals surface area contributed by atoms with Crippen molar-refractivity contribution in [3.8, 4) is 5.75 Å². The van der Waals surface area contributed by atoms with E-state index in [1.165, 1.54) is 6.26 Å². The first-order chi connectivity index (χ1) is 12.9. The molecule has 0 spiro atoms. The molecule has 1 aliphatic rings. The molecular formula is C21H25NO4S. The Labute approximate surface area is 160 Å². The lowest BCUT2D eigenvalue weighted by molar-refractivity contribution is -0.130. The molecule has 0 N–H and O–H groups in total. The number of amides is 1. The average molecular weight is 388 g/mol. The fourth-order valence-corrected chi connectivity index (χ4v) is 4.23. The molecule has 1 saturated heterocycles. The van der Waals surface area contributed by atoms with Gasteiger partial charge in [0.25, 0.3) is 0 Å². The van der Waals surface area contributed by atoms with Gasteiger partial charge in [-0.1, -0.05) is 42.5 Å². The van der Waals surface area contributed by atoms with Gasteiger partial charge in [-0.15, -0.1) is 0 Å². The SMILES string of the molecule is CS(=O)(=O)C1CCN(C(=O)CCc2cccc(OCc3ccccc3)c2)C1. The summed E-state index contributed by atoms with van der Waals surface area (Å²) in [5.41, 5.74) is 2.14. The highest BCUT2D eigenvalue weighted by Gasteiger charge is 2.32. The van der Waals surface area contributed by atoms with Crippen LogP contribution < -0.4 is 4.74 Å². The first-order valence-corrected chi connectivity index (χ1v) is 11.1. The Morgan fingerprint density at radius 2 is 1.85 bits per heavy atom. The zero-order valence-electron chi connectivity index (χ0n) is 15.5. The quantitative estimate of drug-likeness (QED) is 0.733. The van der Waals surface area contributed by atoms with Gasteiger partial charge < -0.3 is 9.64 Å². The Morgan fingerprint density at radius 1 is 1.11 bits per heavy atom. The lowest BCUT2D eigenvalue weighted by Gasteiger charge is -2.16. The fourth-order valence-electron chi connectivity index (χ4n) is 3.25. The third kappa shape index (κ3) is 5.57. The molecule has 1 aliphatic heterocycles. The molecule has 27 heavy (non-hydrogen) atoms. The zero-order chi connectivity index (χ0) is 19.3. The molecule has 1 heterocycles. The summed E-state index contributed by atoms with van der Waals surface area (Å²) in [7, 11) is -3.08. The molecule has 1 atom stereocenters. The molecule has 1 unspecified atom stereocenters. The average Bonchev–Trinajstić information content (AvgIpc) is 3.16. The first-order valence-electron chi connectivity index (χ1n) is 9.14. The van der Waals surface area contributed by atoms with Crippen LogP contribution in [0.15, 0.2) is 54.6 Å². The largest absolute Gasteiger partial charge is 0.489 e. The minimum absolute atomic E-state index is 0.0109. The second-order valence-corrected chi connectivity index (χ2v) is 9.33. The molecule has 0 bridgehead atoms. The minimum Gasteiger partial charge on any atom is -0.489 e. The summed E-state index contributed by atoms with van der Waals surface area (Å²) >= 11 is 0. The van der Waals surface area contributed by atoms with Crippen molar-refractivity contribution >= 4 is 15.7 Å². The van der Waals surface area contributed by atoms with Crippen molar-refractivity contribution in [1.29, 1.82) is 0 Å². The van der Waals surface area contributed by atoms with Crippen molar-refractivity contribution in [2.24, 2.45) is 0 Å². The molecule has 144 valence electrons. The van der Waals surface area contributed by atoms with E-state index in [9.17, 15) is 13.2 Å². The van der Waals surface area contributed by atoms with Gasteiger partial charge in [0.2, 0.25) is 5.91 Å². The van der Waals surface area contributed by atoms with Gasteiger partial charge in [-0.25, -0.2) is 8.42 Å². The van der Waals surface area contributed by atoms with Gasteiger partial charge in [0.15, 0.2) is 9.84 Å². The molecule has 2 aromatic carbocycles. The number of sulfone groups is 1. The third-order valence-electron chi connectivity index (χ3n) is 4.88. The number of ether oxygens (including phenoxy) is 1. The monoisotopic (exact) mass is 387 g/mol. The molecule has 0 aromatic heterocycles. The van der Waals surface area contributed by atoms with Crippen molar-refractivity contribution in [2.45, 2.75) is 31.1 Å². The maximum atomic E-state index is 12.4. The van der Waals surface area contributed by atoms with E-state index < -0.39 is 15.1 Å². The number of carbonyl (C=O) groups excluding carboxylic acids is 1. The topological polar surface area (TPSA) is 63.7 Å². The minimum atomic E-state index is -3.08. The summed E-state index contributed by atoms with van der Waals surface area (Å²) in [5, 5.41) is -0.420. The molecule has 2 aromatic rings. The van der Waals surface area contributed by atoms with E-state index in [-0.39, 0.29) is 5.91 Å². The van der Waals surface area contributed by atoms with Gasteiger partial charge in [-0.2, -0.15) is 0 Å². The summed E-state index contributed by atoms with van der Waals surface area (Å²) in [6, 6.07) is 17.7. The zero-order valence-corrected chi connectivity index (χ0v) is 16.3. The Morgan fingerprint density at radius 3 is 2.56 bits per heavy atom. The molecule has 0 saturated carbocycles. The number of rotatable bonds is 7. The van der Waals surface area contributed by atoms with Crippen molar-refractivity contribution in [2.75, 3.05) is 19.3 Å². The number of benzene rings is 2. The fraction of sp³-hybridized carbons (Fsp3) is 0.381. The number of nitrogens with zero attached hydrogens (tertiary/aromatic N) is 1. The lowest BCUT2D eigenvalue weighted by Crippen LogP contribution is -2.31. The second-order valence-electron chi connectivity index (χ2n) is 7.00. The van der Waals surface area contributed by atoms with Crippen LogP contribution in [0.1, 0.15) is 24.0 Å². The number of carbonyl (C=O) groups is 1. The van der Waals surface area contributed by atoms with Crippen LogP contribution in [0.25, 0.3) is 0 Å². The molecule has 1 amide bonds. The van der Waals surface area contributed by atoms with E-state index in [1.54, 1.807) is 4.90 Å². The number of hydrogen-bond acceptors (Lipinski definition) is 4. The maximum Gasteiger partial charge on any atom is 0.222 e. The van der Waals surface area contributed by atoms with Crippen LogP contribution in [0, 0.1) is 0 Å². The lowest BCUT2D eigenvalue weighted by atomic mass is 10.1. The Hall–Kier alpha value is -2.34. The van der Waals surface area contributed by atoms with E-state index in [4.69, 9.17) is 4.74 Å². The summed E-state index contributed by atoms with van der Waals surface area (Å²) in [6.45, 7) is 1.35. The predicted octanol–water partition coefficient (Wildman–Crippen LogP) is 2.84. The molecule has 0 aliphatic carbocycles.